The highest BCUT2D eigenvalue weighted by molar-refractivity contribution is 5.96. The van der Waals surface area contributed by atoms with Crippen molar-refractivity contribution in [2.45, 2.75) is 12.0 Å². The molecule has 0 saturated carbocycles. The van der Waals surface area contributed by atoms with Gasteiger partial charge in [0.1, 0.15) is 12.4 Å². The average molecular weight is 478 g/mol. The van der Waals surface area contributed by atoms with Gasteiger partial charge in [0, 0.05) is 24.3 Å². The number of rotatable bonds is 8. The second-order valence-electron chi connectivity index (χ2n) is 7.95. The van der Waals surface area contributed by atoms with E-state index in [2.05, 4.69) is 10.6 Å². The second kappa shape index (κ2) is 10.4. The Morgan fingerprint density at radius 3 is 2.23 bits per heavy atom. The van der Waals surface area contributed by atoms with Gasteiger partial charge in [-0.2, -0.15) is 0 Å². The van der Waals surface area contributed by atoms with Crippen LogP contribution in [0.3, 0.4) is 0 Å². The molecule has 1 aliphatic carbocycles. The van der Waals surface area contributed by atoms with Gasteiger partial charge in [-0.3, -0.25) is 10.1 Å². The summed E-state index contributed by atoms with van der Waals surface area (Å²) in [6, 6.07) is 19.1. The minimum atomic E-state index is -1.25. The van der Waals surface area contributed by atoms with Crippen molar-refractivity contribution in [3.63, 3.8) is 0 Å². The van der Waals surface area contributed by atoms with Crippen LogP contribution in [0.4, 0.5) is 14.9 Å². The quantitative estimate of drug-likeness (QED) is 0.451. The van der Waals surface area contributed by atoms with Gasteiger partial charge in [-0.15, -0.1) is 0 Å². The fourth-order valence-electron chi connectivity index (χ4n) is 4.10. The lowest BCUT2D eigenvalue weighted by atomic mass is 9.98. The van der Waals surface area contributed by atoms with Crippen LogP contribution in [0.25, 0.3) is 11.1 Å². The van der Waals surface area contributed by atoms with Crippen LogP contribution in [0.2, 0.25) is 0 Å². The number of anilines is 1. The summed E-state index contributed by atoms with van der Waals surface area (Å²) >= 11 is 0. The number of carbonyl (C=O) groups is 3. The first kappa shape index (κ1) is 23.9. The number of carboxylic acid groups (broad SMARTS) is 1. The van der Waals surface area contributed by atoms with E-state index in [0.717, 1.165) is 34.4 Å². The van der Waals surface area contributed by atoms with Crippen molar-refractivity contribution < 1.29 is 33.4 Å². The van der Waals surface area contributed by atoms with E-state index in [9.17, 15) is 18.8 Å². The number of nitrogens with one attached hydrogen (secondary N) is 2. The molecular formula is C26H23FN2O6. The first-order valence-electron chi connectivity index (χ1n) is 10.8. The van der Waals surface area contributed by atoms with Crippen molar-refractivity contribution in [1.82, 2.24) is 5.32 Å². The maximum atomic E-state index is 14.1. The molecule has 9 heteroatoms. The minimum Gasteiger partial charge on any atom is -0.479 e. The zero-order chi connectivity index (χ0) is 24.9. The van der Waals surface area contributed by atoms with E-state index in [0.29, 0.717) is 0 Å². The summed E-state index contributed by atoms with van der Waals surface area (Å²) in [4.78, 5) is 35.8. The maximum Gasteiger partial charge on any atom is 0.411 e. The Balaban J connectivity index is 1.40. The molecule has 8 nitrogen and oxygen atoms in total. The third-order valence-corrected chi connectivity index (χ3v) is 5.76. The van der Waals surface area contributed by atoms with Gasteiger partial charge in [-0.05, 0) is 40.5 Å². The Bertz CT molecular complexity index is 1230. The zero-order valence-electron chi connectivity index (χ0n) is 18.8. The van der Waals surface area contributed by atoms with E-state index in [4.69, 9.17) is 14.6 Å². The average Bonchev–Trinajstić information content (AvgIpc) is 3.16. The van der Waals surface area contributed by atoms with Gasteiger partial charge in [0.25, 0.3) is 5.91 Å². The van der Waals surface area contributed by atoms with Crippen molar-refractivity contribution in [3.8, 4) is 11.1 Å². The van der Waals surface area contributed by atoms with Gasteiger partial charge in [-0.25, -0.2) is 14.0 Å². The number of fused-ring (bicyclic) bond motifs is 3. The number of methoxy groups -OCH3 is 1. The molecule has 0 aromatic heterocycles. The Hall–Kier alpha value is -4.24. The molecule has 180 valence electrons. The Morgan fingerprint density at radius 2 is 1.63 bits per heavy atom. The lowest BCUT2D eigenvalue weighted by Gasteiger charge is -2.15. The largest absolute Gasteiger partial charge is 0.479 e. The molecule has 3 aromatic carbocycles. The number of ether oxygens (including phenoxy) is 2. The van der Waals surface area contributed by atoms with Gasteiger partial charge in [0.2, 0.25) is 0 Å². The number of amides is 2. The van der Waals surface area contributed by atoms with E-state index in [1.165, 1.54) is 13.2 Å². The summed E-state index contributed by atoms with van der Waals surface area (Å²) < 4.78 is 24.3. The molecular weight excluding hydrogens is 455 g/mol. The van der Waals surface area contributed by atoms with Gasteiger partial charge in [0.15, 0.2) is 6.10 Å². The fourth-order valence-corrected chi connectivity index (χ4v) is 4.10. The van der Waals surface area contributed by atoms with Crippen LogP contribution >= 0.6 is 0 Å². The minimum absolute atomic E-state index is 0.0221. The molecule has 1 unspecified atom stereocenters. The highest BCUT2D eigenvalue weighted by Crippen LogP contribution is 2.44. The number of benzene rings is 3. The number of aliphatic carboxylic acids is 1. The molecule has 0 spiro atoms. The highest BCUT2D eigenvalue weighted by atomic mass is 19.1. The zero-order valence-corrected chi connectivity index (χ0v) is 18.8. The summed E-state index contributed by atoms with van der Waals surface area (Å²) in [5, 5.41) is 13.8. The number of hydrogen-bond donors (Lipinski definition) is 3. The van der Waals surface area contributed by atoms with Crippen molar-refractivity contribution in [2.24, 2.45) is 0 Å². The predicted molar refractivity (Wildman–Crippen MR) is 126 cm³/mol. The van der Waals surface area contributed by atoms with Crippen LogP contribution in [0.5, 0.6) is 0 Å². The molecule has 3 aromatic rings. The van der Waals surface area contributed by atoms with Gasteiger partial charge in [0.05, 0.1) is 6.54 Å². The fraction of sp³-hybridized carbons (Fsp3) is 0.192. The van der Waals surface area contributed by atoms with Crippen molar-refractivity contribution in [3.05, 3.63) is 89.2 Å². The van der Waals surface area contributed by atoms with Gasteiger partial charge in [-0.1, -0.05) is 48.5 Å². The summed E-state index contributed by atoms with van der Waals surface area (Å²) in [7, 11) is 1.20. The molecule has 3 N–H and O–H groups in total. The molecule has 0 aliphatic heterocycles. The highest BCUT2D eigenvalue weighted by Gasteiger charge is 2.29. The molecule has 0 saturated heterocycles. The van der Waals surface area contributed by atoms with Crippen molar-refractivity contribution in [1.29, 1.82) is 0 Å². The van der Waals surface area contributed by atoms with Gasteiger partial charge >= 0.3 is 12.1 Å². The SMILES string of the molecule is COC(CNC(=O)c1cc(F)cc(NC(=O)OCC2c3ccccc3-c3ccccc32)c1)C(=O)O. The first-order valence-corrected chi connectivity index (χ1v) is 10.8. The predicted octanol–water partition coefficient (Wildman–Crippen LogP) is 4.02. The molecule has 1 aliphatic rings. The lowest BCUT2D eigenvalue weighted by Crippen LogP contribution is -2.37. The monoisotopic (exact) mass is 478 g/mol. The molecule has 35 heavy (non-hydrogen) atoms. The van der Waals surface area contributed by atoms with Crippen LogP contribution in [-0.4, -0.2) is 49.4 Å². The van der Waals surface area contributed by atoms with Gasteiger partial charge < -0.3 is 19.9 Å². The van der Waals surface area contributed by atoms with Crippen LogP contribution in [0, 0.1) is 5.82 Å². The number of carbonyl (C=O) groups excluding carboxylic acids is 2. The van der Waals surface area contributed by atoms with E-state index in [1.54, 1.807) is 0 Å². The molecule has 2 amide bonds. The van der Waals surface area contributed by atoms with Crippen LogP contribution in [0.15, 0.2) is 66.7 Å². The van der Waals surface area contributed by atoms with E-state index >= 15 is 0 Å². The van der Waals surface area contributed by atoms with Crippen LogP contribution < -0.4 is 10.6 Å². The Morgan fingerprint density at radius 1 is 1.00 bits per heavy atom. The van der Waals surface area contributed by atoms with E-state index in [-0.39, 0.29) is 30.3 Å². The third-order valence-electron chi connectivity index (χ3n) is 5.76. The summed E-state index contributed by atoms with van der Waals surface area (Å²) in [6.45, 7) is -0.230. The Kier molecular flexibility index (Phi) is 7.07. The maximum absolute atomic E-state index is 14.1. The van der Waals surface area contributed by atoms with Crippen LogP contribution in [0.1, 0.15) is 27.4 Å². The summed E-state index contributed by atoms with van der Waals surface area (Å²) in [5.41, 5.74) is 4.23. The summed E-state index contributed by atoms with van der Waals surface area (Å²) in [6.07, 6.45) is -2.04. The van der Waals surface area contributed by atoms with E-state index < -0.39 is 29.9 Å². The molecule has 0 heterocycles. The smallest absolute Gasteiger partial charge is 0.411 e. The van der Waals surface area contributed by atoms with E-state index in [1.807, 2.05) is 48.5 Å². The number of halogens is 1. The molecule has 0 radical (unpaired) electrons. The molecule has 0 bridgehead atoms. The van der Waals surface area contributed by atoms with Crippen LogP contribution in [-0.2, 0) is 14.3 Å². The Labute approximate surface area is 200 Å². The number of hydrogen-bond acceptors (Lipinski definition) is 5. The number of carboxylic acids is 1. The first-order chi connectivity index (χ1) is 16.9. The third kappa shape index (κ3) is 5.30. The van der Waals surface area contributed by atoms with Crippen molar-refractivity contribution >= 4 is 23.7 Å². The molecule has 1 atom stereocenters. The lowest BCUT2D eigenvalue weighted by molar-refractivity contribution is -0.148. The topological polar surface area (TPSA) is 114 Å². The molecule has 0 fully saturated rings. The second-order valence-corrected chi connectivity index (χ2v) is 7.95. The summed E-state index contributed by atoms with van der Waals surface area (Å²) in [5.74, 6) is -2.86. The standard InChI is InChI=1S/C26H23FN2O6/c1-34-23(25(31)32)13-28-24(30)15-10-16(27)12-17(11-15)29-26(33)35-14-22-20-8-4-2-6-18(20)19-7-3-5-9-21(19)22/h2-12,22-23H,13-14H2,1H3,(H,28,30)(H,29,33)(H,31,32). The normalized spacial score (nSPS) is 12.9. The van der Waals surface area contributed by atoms with Crippen molar-refractivity contribution in [2.75, 3.05) is 25.6 Å². The molecule has 4 rings (SSSR count).